The first-order valence-electron chi connectivity index (χ1n) is 10.5. The number of hydroxylamine groups is 2. The van der Waals surface area contributed by atoms with Crippen LogP contribution in [-0.4, -0.2) is 47.0 Å². The first-order valence-corrected chi connectivity index (χ1v) is 10.5. The number of para-hydroxylation sites is 1. The zero-order valence-corrected chi connectivity index (χ0v) is 18.1. The number of nitrogens with zero attached hydrogens (tertiary/aromatic N) is 4. The number of aliphatic imine (C=N–C) groups is 1. The third-order valence-corrected chi connectivity index (χ3v) is 5.67. The predicted molar refractivity (Wildman–Crippen MR) is 116 cm³/mol. The molecular weight excluding hydrogens is 413 g/mol. The lowest BCUT2D eigenvalue weighted by Crippen LogP contribution is -2.63. The molecule has 0 spiro atoms. The molecule has 8 nitrogen and oxygen atoms in total. The number of hydrogen-bond acceptors (Lipinski definition) is 7. The van der Waals surface area contributed by atoms with E-state index in [1.807, 2.05) is 30.3 Å². The Bertz CT molecular complexity index is 1110. The van der Waals surface area contributed by atoms with Crippen LogP contribution in [0.4, 0.5) is 15.8 Å². The van der Waals surface area contributed by atoms with Crippen molar-refractivity contribution in [1.29, 1.82) is 0 Å². The molecule has 0 saturated carbocycles. The van der Waals surface area contributed by atoms with Gasteiger partial charge in [-0.05, 0) is 45.0 Å². The maximum atomic E-state index is 14.8. The summed E-state index contributed by atoms with van der Waals surface area (Å²) in [6.07, 6.45) is 0. The van der Waals surface area contributed by atoms with E-state index in [4.69, 9.17) is 4.84 Å². The van der Waals surface area contributed by atoms with E-state index in [0.717, 1.165) is 5.69 Å². The molecular formula is C23H24FN5O3. The van der Waals surface area contributed by atoms with E-state index >= 15 is 0 Å². The maximum Gasteiger partial charge on any atom is 0.330 e. The number of fused-ring (bicyclic) bond motifs is 4. The number of hydrazine groups is 1. The molecule has 32 heavy (non-hydrogen) atoms. The molecule has 3 aliphatic rings. The van der Waals surface area contributed by atoms with Crippen LogP contribution in [0.1, 0.15) is 32.4 Å². The van der Waals surface area contributed by atoms with Crippen molar-refractivity contribution in [2.75, 3.05) is 18.0 Å². The van der Waals surface area contributed by atoms with E-state index in [0.29, 0.717) is 24.7 Å². The highest BCUT2D eigenvalue weighted by molar-refractivity contribution is 6.19. The summed E-state index contributed by atoms with van der Waals surface area (Å²) in [4.78, 5) is 37.2. The van der Waals surface area contributed by atoms with Gasteiger partial charge in [0.1, 0.15) is 11.9 Å². The second kappa shape index (κ2) is 7.39. The van der Waals surface area contributed by atoms with Crippen molar-refractivity contribution in [3.8, 4) is 0 Å². The van der Waals surface area contributed by atoms with Gasteiger partial charge in [0.05, 0.1) is 30.2 Å². The third-order valence-electron chi connectivity index (χ3n) is 5.67. The summed E-state index contributed by atoms with van der Waals surface area (Å²) in [7, 11) is 0. The SMILES string of the molecule is CC(C)(C)C(=O)ON1CC(NN2C(=O)C3c4c(F)cccc4N=C2N3c2ccccc2)C1. The van der Waals surface area contributed by atoms with Crippen molar-refractivity contribution in [2.45, 2.75) is 32.9 Å². The molecule has 0 radical (unpaired) electrons. The summed E-state index contributed by atoms with van der Waals surface area (Å²) in [5, 5.41) is 2.95. The van der Waals surface area contributed by atoms with Gasteiger partial charge in [-0.15, -0.1) is 5.06 Å². The van der Waals surface area contributed by atoms with Gasteiger partial charge in [0.2, 0.25) is 5.96 Å². The van der Waals surface area contributed by atoms with Gasteiger partial charge < -0.3 is 4.84 Å². The number of anilines is 1. The Hall–Kier alpha value is -3.30. The van der Waals surface area contributed by atoms with Crippen LogP contribution in [0, 0.1) is 11.2 Å². The van der Waals surface area contributed by atoms with Crippen LogP contribution < -0.4 is 10.3 Å². The molecule has 3 heterocycles. The number of carbonyl (C=O) groups excluding carboxylic acids is 2. The molecule has 1 atom stereocenters. The van der Waals surface area contributed by atoms with Crippen LogP contribution >= 0.6 is 0 Å². The van der Waals surface area contributed by atoms with E-state index < -0.39 is 17.3 Å². The molecule has 3 aliphatic heterocycles. The van der Waals surface area contributed by atoms with Crippen molar-refractivity contribution >= 4 is 29.2 Å². The molecule has 2 saturated heterocycles. The number of halogens is 1. The van der Waals surface area contributed by atoms with E-state index in [1.54, 1.807) is 42.9 Å². The van der Waals surface area contributed by atoms with Crippen LogP contribution in [-0.2, 0) is 14.4 Å². The number of carbonyl (C=O) groups is 2. The monoisotopic (exact) mass is 437 g/mol. The molecule has 0 aromatic heterocycles. The molecule has 166 valence electrons. The smallest absolute Gasteiger partial charge is 0.330 e. The summed E-state index contributed by atoms with van der Waals surface area (Å²) in [5.41, 5.74) is 4.06. The minimum absolute atomic E-state index is 0.126. The average Bonchev–Trinajstić information content (AvgIpc) is 2.91. The van der Waals surface area contributed by atoms with Crippen molar-refractivity contribution in [2.24, 2.45) is 10.4 Å². The fourth-order valence-electron chi connectivity index (χ4n) is 3.92. The van der Waals surface area contributed by atoms with Gasteiger partial charge in [-0.1, -0.05) is 24.3 Å². The summed E-state index contributed by atoms with van der Waals surface area (Å²) < 4.78 is 14.8. The Morgan fingerprint density at radius 1 is 1.12 bits per heavy atom. The summed E-state index contributed by atoms with van der Waals surface area (Å²) >= 11 is 0. The number of guanidine groups is 1. The van der Waals surface area contributed by atoms with Crippen molar-refractivity contribution in [1.82, 2.24) is 15.5 Å². The zero-order valence-electron chi connectivity index (χ0n) is 18.1. The molecule has 1 N–H and O–H groups in total. The van der Waals surface area contributed by atoms with E-state index in [2.05, 4.69) is 10.4 Å². The molecule has 2 bridgehead atoms. The third kappa shape index (κ3) is 3.34. The quantitative estimate of drug-likeness (QED) is 0.793. The van der Waals surface area contributed by atoms with Crippen molar-refractivity contribution in [3.63, 3.8) is 0 Å². The van der Waals surface area contributed by atoms with Crippen molar-refractivity contribution in [3.05, 3.63) is 59.9 Å². The molecule has 2 aromatic rings. The van der Waals surface area contributed by atoms with Crippen molar-refractivity contribution < 1.29 is 18.8 Å². The Balaban J connectivity index is 1.38. The first-order chi connectivity index (χ1) is 15.2. The van der Waals surface area contributed by atoms with Gasteiger partial charge >= 0.3 is 5.97 Å². The fraction of sp³-hybridized carbons (Fsp3) is 0.348. The van der Waals surface area contributed by atoms with Crippen LogP contribution in [0.25, 0.3) is 0 Å². The fourth-order valence-corrected chi connectivity index (χ4v) is 3.92. The zero-order chi connectivity index (χ0) is 22.6. The minimum atomic E-state index is -0.844. The van der Waals surface area contributed by atoms with E-state index in [-0.39, 0.29) is 23.5 Å². The number of benzene rings is 2. The van der Waals surface area contributed by atoms with Gasteiger partial charge in [-0.3, -0.25) is 9.69 Å². The highest BCUT2D eigenvalue weighted by Crippen LogP contribution is 2.44. The minimum Gasteiger partial charge on any atom is -0.367 e. The normalized spacial score (nSPS) is 20.7. The topological polar surface area (TPSA) is 77.5 Å². The van der Waals surface area contributed by atoms with E-state index in [9.17, 15) is 14.0 Å². The van der Waals surface area contributed by atoms with Crippen LogP contribution in [0.3, 0.4) is 0 Å². The van der Waals surface area contributed by atoms with Gasteiger partial charge in [0.15, 0.2) is 0 Å². The molecule has 1 unspecified atom stereocenters. The lowest BCUT2D eigenvalue weighted by molar-refractivity contribution is -0.224. The summed E-state index contributed by atoms with van der Waals surface area (Å²) in [6, 6.07) is 13.0. The average molecular weight is 437 g/mol. The highest BCUT2D eigenvalue weighted by atomic mass is 19.1. The maximum absolute atomic E-state index is 14.8. The molecule has 9 heteroatoms. The highest BCUT2D eigenvalue weighted by Gasteiger charge is 2.51. The Kier molecular flexibility index (Phi) is 4.75. The lowest BCUT2D eigenvalue weighted by Gasteiger charge is -2.40. The van der Waals surface area contributed by atoms with Crippen LogP contribution in [0.2, 0.25) is 0 Å². The van der Waals surface area contributed by atoms with Gasteiger partial charge in [-0.2, -0.15) is 0 Å². The van der Waals surface area contributed by atoms with E-state index in [1.165, 1.54) is 11.1 Å². The largest absolute Gasteiger partial charge is 0.367 e. The summed E-state index contributed by atoms with van der Waals surface area (Å²) in [6.45, 7) is 6.23. The summed E-state index contributed by atoms with van der Waals surface area (Å²) in [5.74, 6) is -0.680. The molecule has 0 aliphatic carbocycles. The standard InChI is InChI=1S/C23H24FN5O3/c1-23(2,3)21(31)32-27-12-14(13-27)26-29-20(30)19-18-16(24)10-7-11-17(18)25-22(29)28(19)15-8-5-4-6-9-15/h4-11,14,19,26H,12-13H2,1-3H3. The molecule has 2 aromatic carbocycles. The Morgan fingerprint density at radius 2 is 1.84 bits per heavy atom. The van der Waals surface area contributed by atoms with Gasteiger partial charge in [0.25, 0.3) is 5.91 Å². The predicted octanol–water partition coefficient (Wildman–Crippen LogP) is 2.91. The number of hydrogen-bond donors (Lipinski definition) is 1. The number of rotatable bonds is 4. The Morgan fingerprint density at radius 3 is 2.53 bits per heavy atom. The van der Waals surface area contributed by atoms with Crippen LogP contribution in [0.15, 0.2) is 53.5 Å². The van der Waals surface area contributed by atoms with Gasteiger partial charge in [0, 0.05) is 11.3 Å². The molecule has 2 fully saturated rings. The number of amides is 1. The second-order valence-electron chi connectivity index (χ2n) is 9.17. The van der Waals surface area contributed by atoms with Gasteiger partial charge in [-0.25, -0.2) is 24.6 Å². The number of nitrogens with one attached hydrogen (secondary N) is 1. The Labute approximate surface area is 185 Å². The van der Waals surface area contributed by atoms with Crippen LogP contribution in [0.5, 0.6) is 0 Å². The molecule has 1 amide bonds. The molecule has 5 rings (SSSR count). The lowest BCUT2D eigenvalue weighted by atomic mass is 9.98. The second-order valence-corrected chi connectivity index (χ2v) is 9.17. The first kappa shape index (κ1) is 20.6.